The minimum absolute atomic E-state index is 0.157. The van der Waals surface area contributed by atoms with E-state index >= 15 is 0 Å². The van der Waals surface area contributed by atoms with Crippen molar-refractivity contribution in [2.75, 3.05) is 5.32 Å². The molecule has 0 fully saturated rings. The zero-order valence-corrected chi connectivity index (χ0v) is 14.3. The summed E-state index contributed by atoms with van der Waals surface area (Å²) < 4.78 is 19.0. The summed E-state index contributed by atoms with van der Waals surface area (Å²) >= 11 is 0. The molecule has 1 aromatic heterocycles. The first kappa shape index (κ1) is 17.5. The van der Waals surface area contributed by atoms with Crippen LogP contribution in [0.4, 0.5) is 14.9 Å². The van der Waals surface area contributed by atoms with Gasteiger partial charge < -0.3 is 20.8 Å². The Balaban J connectivity index is 1.77. The molecule has 0 aliphatic rings. The van der Waals surface area contributed by atoms with E-state index in [2.05, 4.69) is 10.6 Å². The first-order valence-corrected chi connectivity index (χ1v) is 8.01. The zero-order chi connectivity index (χ0) is 18.8. The highest BCUT2D eigenvalue weighted by atomic mass is 19.1. The lowest BCUT2D eigenvalue weighted by molar-refractivity contribution is 0.0913. The van der Waals surface area contributed by atoms with Crippen LogP contribution in [0.1, 0.15) is 34.6 Å². The molecule has 3 amide bonds. The number of furan rings is 1. The number of nitrogens with two attached hydrogens (primary N) is 1. The van der Waals surface area contributed by atoms with E-state index in [-0.39, 0.29) is 23.5 Å². The summed E-state index contributed by atoms with van der Waals surface area (Å²) in [5.41, 5.74) is 7.52. The van der Waals surface area contributed by atoms with E-state index in [0.717, 1.165) is 5.56 Å². The van der Waals surface area contributed by atoms with E-state index in [1.807, 2.05) is 6.92 Å². The van der Waals surface area contributed by atoms with Crippen molar-refractivity contribution >= 4 is 28.6 Å². The van der Waals surface area contributed by atoms with Crippen LogP contribution in [0.5, 0.6) is 0 Å². The fraction of sp³-hybridized carbons (Fsp3) is 0.158. The van der Waals surface area contributed by atoms with Gasteiger partial charge in [0.2, 0.25) is 0 Å². The minimum atomic E-state index is -0.643. The molecule has 134 valence electrons. The lowest BCUT2D eigenvalue weighted by atomic mass is 10.1. The van der Waals surface area contributed by atoms with Crippen molar-refractivity contribution in [2.45, 2.75) is 19.9 Å². The predicted octanol–water partition coefficient (Wildman–Crippen LogP) is 3.86. The molecule has 3 rings (SSSR count). The molecule has 0 saturated heterocycles. The van der Waals surface area contributed by atoms with Crippen molar-refractivity contribution in [2.24, 2.45) is 5.73 Å². The molecule has 1 heterocycles. The molecule has 0 spiro atoms. The van der Waals surface area contributed by atoms with Gasteiger partial charge in [0, 0.05) is 16.6 Å². The maximum atomic E-state index is 13.4. The number of aryl methyl sites for hydroxylation is 1. The summed E-state index contributed by atoms with van der Waals surface area (Å²) in [6.07, 6.45) is 0. The van der Waals surface area contributed by atoms with Gasteiger partial charge in [-0.15, -0.1) is 0 Å². The van der Waals surface area contributed by atoms with Gasteiger partial charge in [-0.2, -0.15) is 0 Å². The largest absolute Gasteiger partial charge is 0.451 e. The van der Waals surface area contributed by atoms with Crippen LogP contribution in [0.15, 0.2) is 46.9 Å². The van der Waals surface area contributed by atoms with Crippen LogP contribution in [-0.2, 0) is 0 Å². The Bertz CT molecular complexity index is 980. The number of benzene rings is 2. The molecule has 2 aromatic carbocycles. The smallest absolute Gasteiger partial charge is 0.316 e. The van der Waals surface area contributed by atoms with Gasteiger partial charge in [-0.05, 0) is 49.7 Å². The van der Waals surface area contributed by atoms with Gasteiger partial charge in [-0.25, -0.2) is 9.18 Å². The molecular formula is C19H18FN3O3. The second kappa shape index (κ2) is 6.87. The van der Waals surface area contributed by atoms with Crippen LogP contribution >= 0.6 is 0 Å². The summed E-state index contributed by atoms with van der Waals surface area (Å²) in [4.78, 5) is 23.4. The summed E-state index contributed by atoms with van der Waals surface area (Å²) in [7, 11) is 0. The normalized spacial score (nSPS) is 12.0. The van der Waals surface area contributed by atoms with Gasteiger partial charge in [-0.3, -0.25) is 4.79 Å². The quantitative estimate of drug-likeness (QED) is 0.663. The third kappa shape index (κ3) is 3.51. The summed E-state index contributed by atoms with van der Waals surface area (Å²) in [5.74, 6) is -0.609. The monoisotopic (exact) mass is 355 g/mol. The first-order valence-electron chi connectivity index (χ1n) is 8.01. The third-order valence-corrected chi connectivity index (χ3v) is 4.13. The predicted molar refractivity (Wildman–Crippen MR) is 96.4 cm³/mol. The van der Waals surface area contributed by atoms with Crippen LogP contribution < -0.4 is 16.4 Å². The SMILES string of the molecule is Cc1c(C(=O)NC(C)c2ccc(NC(N)=O)cc2)oc2ccc(F)cc12. The molecular weight excluding hydrogens is 337 g/mol. The molecule has 7 heteroatoms. The average molecular weight is 355 g/mol. The van der Waals surface area contributed by atoms with E-state index in [9.17, 15) is 14.0 Å². The Morgan fingerprint density at radius 1 is 1.15 bits per heavy atom. The van der Waals surface area contributed by atoms with Crippen LogP contribution in [-0.4, -0.2) is 11.9 Å². The fourth-order valence-corrected chi connectivity index (χ4v) is 2.75. The van der Waals surface area contributed by atoms with E-state index in [1.165, 1.54) is 18.2 Å². The number of carbonyl (C=O) groups excluding carboxylic acids is 2. The topological polar surface area (TPSA) is 97.4 Å². The van der Waals surface area contributed by atoms with Gasteiger partial charge >= 0.3 is 6.03 Å². The van der Waals surface area contributed by atoms with Crippen molar-refractivity contribution in [3.8, 4) is 0 Å². The number of rotatable bonds is 4. The molecule has 1 unspecified atom stereocenters. The maximum Gasteiger partial charge on any atom is 0.316 e. The number of anilines is 1. The number of fused-ring (bicyclic) bond motifs is 1. The van der Waals surface area contributed by atoms with Crippen molar-refractivity contribution < 1.29 is 18.4 Å². The second-order valence-corrected chi connectivity index (χ2v) is 6.00. The number of carbonyl (C=O) groups is 2. The Labute approximate surface area is 149 Å². The molecule has 0 bridgehead atoms. The number of urea groups is 1. The standard InChI is InChI=1S/C19H18FN3O3/c1-10-15-9-13(20)5-8-16(15)26-17(10)18(24)22-11(2)12-3-6-14(7-4-12)23-19(21)25/h3-9,11H,1-2H3,(H,22,24)(H3,21,23,25). The van der Waals surface area contributed by atoms with Gasteiger partial charge in [0.05, 0.1) is 6.04 Å². The molecule has 0 aliphatic carbocycles. The Kier molecular flexibility index (Phi) is 4.62. The maximum absolute atomic E-state index is 13.4. The van der Waals surface area contributed by atoms with Gasteiger partial charge in [0.1, 0.15) is 11.4 Å². The summed E-state index contributed by atoms with van der Waals surface area (Å²) in [5, 5.41) is 5.89. The van der Waals surface area contributed by atoms with E-state index in [1.54, 1.807) is 31.2 Å². The van der Waals surface area contributed by atoms with Gasteiger partial charge in [0.15, 0.2) is 5.76 Å². The zero-order valence-electron chi connectivity index (χ0n) is 14.3. The average Bonchev–Trinajstić information content (AvgIpc) is 2.91. The molecule has 4 N–H and O–H groups in total. The first-order chi connectivity index (χ1) is 12.3. The van der Waals surface area contributed by atoms with Crippen LogP contribution in [0.3, 0.4) is 0 Å². The highest BCUT2D eigenvalue weighted by molar-refractivity contribution is 5.99. The number of nitrogens with one attached hydrogen (secondary N) is 2. The van der Waals surface area contributed by atoms with E-state index in [0.29, 0.717) is 22.2 Å². The number of primary amides is 1. The number of hydrogen-bond acceptors (Lipinski definition) is 3. The molecule has 6 nitrogen and oxygen atoms in total. The molecule has 1 atom stereocenters. The number of halogens is 1. The summed E-state index contributed by atoms with van der Waals surface area (Å²) in [6.45, 7) is 3.54. The van der Waals surface area contributed by atoms with Crippen molar-refractivity contribution in [3.63, 3.8) is 0 Å². The molecule has 3 aromatic rings. The molecule has 26 heavy (non-hydrogen) atoms. The molecule has 0 radical (unpaired) electrons. The van der Waals surface area contributed by atoms with E-state index < -0.39 is 6.03 Å². The molecule has 0 aliphatic heterocycles. The highest BCUT2D eigenvalue weighted by Gasteiger charge is 2.20. The van der Waals surface area contributed by atoms with Crippen LogP contribution in [0.25, 0.3) is 11.0 Å². The number of amides is 3. The van der Waals surface area contributed by atoms with Crippen molar-refractivity contribution in [1.29, 1.82) is 0 Å². The van der Waals surface area contributed by atoms with Gasteiger partial charge in [0.25, 0.3) is 5.91 Å². The fourth-order valence-electron chi connectivity index (χ4n) is 2.75. The van der Waals surface area contributed by atoms with Crippen LogP contribution in [0, 0.1) is 12.7 Å². The molecule has 0 saturated carbocycles. The van der Waals surface area contributed by atoms with Crippen molar-refractivity contribution in [1.82, 2.24) is 5.32 Å². The lowest BCUT2D eigenvalue weighted by Crippen LogP contribution is -2.26. The summed E-state index contributed by atoms with van der Waals surface area (Å²) in [6, 6.07) is 10.1. The number of hydrogen-bond donors (Lipinski definition) is 3. The van der Waals surface area contributed by atoms with Crippen LogP contribution in [0.2, 0.25) is 0 Å². The van der Waals surface area contributed by atoms with Crippen molar-refractivity contribution in [3.05, 3.63) is 65.2 Å². The Morgan fingerprint density at radius 3 is 2.50 bits per heavy atom. The Morgan fingerprint density at radius 2 is 1.85 bits per heavy atom. The second-order valence-electron chi connectivity index (χ2n) is 6.00. The Hall–Kier alpha value is -3.35. The lowest BCUT2D eigenvalue weighted by Gasteiger charge is -2.14. The third-order valence-electron chi connectivity index (χ3n) is 4.13. The highest BCUT2D eigenvalue weighted by Crippen LogP contribution is 2.26. The van der Waals surface area contributed by atoms with Gasteiger partial charge in [-0.1, -0.05) is 12.1 Å². The van der Waals surface area contributed by atoms with E-state index in [4.69, 9.17) is 10.2 Å². The minimum Gasteiger partial charge on any atom is -0.451 e.